The van der Waals surface area contributed by atoms with Crippen molar-refractivity contribution in [2.75, 3.05) is 0 Å². The predicted molar refractivity (Wildman–Crippen MR) is 106 cm³/mol. The van der Waals surface area contributed by atoms with Crippen molar-refractivity contribution >= 4 is 24.1 Å². The standard InChI is InChI=1S/C23H20N2O4/c26-22(27)11-9-18-1-5-20(6-2-18)15-24-13-14-25(17-24)16-21-7-3-19(4-8-21)10-12-23(28)29/h1-14,17H,15-16H2,(H-,26,27,28,29)/b11-9+,12-10+. The molecule has 6 nitrogen and oxygen atoms in total. The molecule has 0 fully saturated rings. The zero-order valence-electron chi connectivity index (χ0n) is 15.6. The number of nitrogens with zero attached hydrogens (tertiary/aromatic N) is 2. The number of imidazole rings is 1. The number of carbonyl (C=O) groups excluding carboxylic acids is 1. The van der Waals surface area contributed by atoms with Crippen LogP contribution in [0.4, 0.5) is 0 Å². The number of hydrogen-bond donors (Lipinski definition) is 1. The molecule has 0 atom stereocenters. The van der Waals surface area contributed by atoms with Gasteiger partial charge in [-0.2, -0.15) is 0 Å². The lowest BCUT2D eigenvalue weighted by atomic mass is 10.1. The smallest absolute Gasteiger partial charge is 0.328 e. The molecule has 29 heavy (non-hydrogen) atoms. The highest BCUT2D eigenvalue weighted by molar-refractivity contribution is 5.85. The summed E-state index contributed by atoms with van der Waals surface area (Å²) in [7, 11) is 0. The van der Waals surface area contributed by atoms with Gasteiger partial charge in [0.25, 0.3) is 0 Å². The van der Waals surface area contributed by atoms with Gasteiger partial charge in [0.15, 0.2) is 0 Å². The van der Waals surface area contributed by atoms with E-state index in [2.05, 4.69) is 9.13 Å². The van der Waals surface area contributed by atoms with Crippen molar-refractivity contribution in [2.24, 2.45) is 0 Å². The van der Waals surface area contributed by atoms with Gasteiger partial charge in [0.1, 0.15) is 25.5 Å². The SMILES string of the molecule is O=C([O-])/C=C/c1ccc(Cn2cc[n+](Cc3ccc(/C=C/C(=O)O)cc3)c2)cc1. The van der Waals surface area contributed by atoms with Gasteiger partial charge in [-0.3, -0.25) is 0 Å². The monoisotopic (exact) mass is 388 g/mol. The first-order chi connectivity index (χ1) is 14.0. The summed E-state index contributed by atoms with van der Waals surface area (Å²) < 4.78 is 4.13. The summed E-state index contributed by atoms with van der Waals surface area (Å²) in [6.07, 6.45) is 11.2. The maximum atomic E-state index is 10.6. The van der Waals surface area contributed by atoms with Crippen molar-refractivity contribution in [1.29, 1.82) is 0 Å². The van der Waals surface area contributed by atoms with Crippen LogP contribution in [0.1, 0.15) is 22.3 Å². The summed E-state index contributed by atoms with van der Waals surface area (Å²) in [6.45, 7) is 1.42. The van der Waals surface area contributed by atoms with Gasteiger partial charge >= 0.3 is 5.97 Å². The molecule has 0 saturated heterocycles. The van der Waals surface area contributed by atoms with Crippen LogP contribution in [0.3, 0.4) is 0 Å². The zero-order valence-corrected chi connectivity index (χ0v) is 15.6. The van der Waals surface area contributed by atoms with Crippen molar-refractivity contribution in [3.63, 3.8) is 0 Å². The third kappa shape index (κ3) is 6.32. The first-order valence-corrected chi connectivity index (χ1v) is 9.01. The second-order valence-electron chi connectivity index (χ2n) is 6.57. The Hall–Kier alpha value is -3.93. The molecule has 146 valence electrons. The van der Waals surface area contributed by atoms with Crippen LogP contribution in [-0.4, -0.2) is 21.6 Å². The van der Waals surface area contributed by atoms with E-state index in [1.54, 1.807) is 6.08 Å². The quantitative estimate of drug-likeness (QED) is 0.470. The molecule has 6 heteroatoms. The molecule has 1 aromatic heterocycles. The lowest BCUT2D eigenvalue weighted by Gasteiger charge is -2.01. The molecule has 1 N–H and O–H groups in total. The van der Waals surface area contributed by atoms with Crippen LogP contribution >= 0.6 is 0 Å². The van der Waals surface area contributed by atoms with Crippen LogP contribution in [0, 0.1) is 0 Å². The summed E-state index contributed by atoms with van der Waals surface area (Å²) in [5.41, 5.74) is 3.87. The average molecular weight is 388 g/mol. The van der Waals surface area contributed by atoms with Crippen LogP contribution in [0.25, 0.3) is 12.2 Å². The predicted octanol–water partition coefficient (Wildman–Crippen LogP) is 1.73. The molecule has 0 saturated carbocycles. The van der Waals surface area contributed by atoms with Crippen molar-refractivity contribution in [1.82, 2.24) is 4.57 Å². The fraction of sp³-hybridized carbons (Fsp3) is 0.0870. The summed E-state index contributed by atoms with van der Waals surface area (Å²) >= 11 is 0. The number of aliphatic carboxylic acids is 2. The third-order valence-corrected chi connectivity index (χ3v) is 4.27. The Morgan fingerprint density at radius 1 is 0.931 bits per heavy atom. The molecule has 0 amide bonds. The molecule has 0 unspecified atom stereocenters. The second kappa shape index (κ2) is 9.32. The number of hydrogen-bond acceptors (Lipinski definition) is 3. The summed E-state index contributed by atoms with van der Waals surface area (Å²) in [5, 5.41) is 19.1. The van der Waals surface area contributed by atoms with Crippen molar-refractivity contribution < 1.29 is 24.4 Å². The summed E-state index contributed by atoms with van der Waals surface area (Å²) in [6, 6.07) is 15.4. The van der Waals surface area contributed by atoms with Gasteiger partial charge in [0.2, 0.25) is 6.33 Å². The van der Waals surface area contributed by atoms with Gasteiger partial charge < -0.3 is 15.0 Å². The molecule has 0 radical (unpaired) electrons. The zero-order chi connectivity index (χ0) is 20.6. The number of carboxylic acid groups (broad SMARTS) is 2. The van der Waals surface area contributed by atoms with Crippen LogP contribution in [0.5, 0.6) is 0 Å². The van der Waals surface area contributed by atoms with Crippen LogP contribution in [-0.2, 0) is 22.7 Å². The minimum atomic E-state index is -1.21. The van der Waals surface area contributed by atoms with Gasteiger partial charge in [-0.1, -0.05) is 54.6 Å². The van der Waals surface area contributed by atoms with Crippen molar-refractivity contribution in [3.05, 3.63) is 102 Å². The van der Waals surface area contributed by atoms with E-state index in [0.717, 1.165) is 34.4 Å². The molecule has 0 aliphatic carbocycles. The van der Waals surface area contributed by atoms with Crippen LogP contribution in [0.15, 0.2) is 79.4 Å². The highest BCUT2D eigenvalue weighted by Gasteiger charge is 2.06. The Bertz CT molecular complexity index is 961. The Balaban J connectivity index is 1.59. The number of rotatable bonds is 8. The molecule has 0 spiro atoms. The van der Waals surface area contributed by atoms with Gasteiger partial charge in [-0.15, -0.1) is 0 Å². The topological polar surface area (TPSA) is 86.2 Å². The fourth-order valence-electron chi connectivity index (χ4n) is 2.85. The van der Waals surface area contributed by atoms with E-state index in [4.69, 9.17) is 5.11 Å². The number of carboxylic acids is 2. The fourth-order valence-corrected chi connectivity index (χ4v) is 2.85. The summed E-state index contributed by atoms with van der Waals surface area (Å²) in [5.74, 6) is -2.17. The largest absolute Gasteiger partial charge is 0.545 e. The van der Waals surface area contributed by atoms with Crippen molar-refractivity contribution in [3.8, 4) is 0 Å². The highest BCUT2D eigenvalue weighted by Crippen LogP contribution is 2.09. The van der Waals surface area contributed by atoms with E-state index in [9.17, 15) is 14.7 Å². The minimum Gasteiger partial charge on any atom is -0.545 e. The van der Waals surface area contributed by atoms with Gasteiger partial charge in [0, 0.05) is 6.08 Å². The Morgan fingerprint density at radius 2 is 1.52 bits per heavy atom. The van der Waals surface area contributed by atoms with Gasteiger partial charge in [0.05, 0.1) is 5.97 Å². The molecule has 0 aliphatic heterocycles. The Labute approximate surface area is 168 Å². The second-order valence-corrected chi connectivity index (χ2v) is 6.57. The normalized spacial score (nSPS) is 11.3. The van der Waals surface area contributed by atoms with E-state index in [0.29, 0.717) is 13.1 Å². The molecular formula is C23H20N2O4. The van der Waals surface area contributed by atoms with Gasteiger partial charge in [-0.25, -0.2) is 13.9 Å². The maximum absolute atomic E-state index is 10.6. The molecule has 3 aromatic rings. The van der Waals surface area contributed by atoms with E-state index in [-0.39, 0.29) is 0 Å². The van der Waals surface area contributed by atoms with E-state index in [1.807, 2.05) is 67.3 Å². The first kappa shape index (κ1) is 19.8. The highest BCUT2D eigenvalue weighted by atomic mass is 16.4. The lowest BCUT2D eigenvalue weighted by molar-refractivity contribution is -0.687. The number of benzene rings is 2. The molecule has 1 heterocycles. The molecule has 2 aromatic carbocycles. The Kier molecular flexibility index (Phi) is 6.37. The number of carbonyl (C=O) groups is 2. The summed E-state index contributed by atoms with van der Waals surface area (Å²) in [4.78, 5) is 21.0. The first-order valence-electron chi connectivity index (χ1n) is 9.01. The maximum Gasteiger partial charge on any atom is 0.328 e. The van der Waals surface area contributed by atoms with E-state index < -0.39 is 11.9 Å². The van der Waals surface area contributed by atoms with E-state index >= 15 is 0 Å². The average Bonchev–Trinajstić information content (AvgIpc) is 3.13. The van der Waals surface area contributed by atoms with Crippen LogP contribution < -0.4 is 9.67 Å². The van der Waals surface area contributed by atoms with E-state index in [1.165, 1.54) is 6.08 Å². The molecule has 0 bridgehead atoms. The van der Waals surface area contributed by atoms with Crippen molar-refractivity contribution in [2.45, 2.75) is 13.1 Å². The molecule has 3 rings (SSSR count). The minimum absolute atomic E-state index is 0.705. The molecular weight excluding hydrogens is 368 g/mol. The van der Waals surface area contributed by atoms with Crippen LogP contribution in [0.2, 0.25) is 0 Å². The van der Waals surface area contributed by atoms with Gasteiger partial charge in [-0.05, 0) is 34.4 Å². The number of aromatic nitrogens is 2. The third-order valence-electron chi connectivity index (χ3n) is 4.27. The lowest BCUT2D eigenvalue weighted by Crippen LogP contribution is -2.31. The molecule has 0 aliphatic rings. The Morgan fingerprint density at radius 3 is 2.10 bits per heavy atom.